The van der Waals surface area contributed by atoms with Crippen molar-refractivity contribution in [2.24, 2.45) is 5.10 Å². The highest BCUT2D eigenvalue weighted by Crippen LogP contribution is 2.31. The molecule has 5 nitrogen and oxygen atoms in total. The van der Waals surface area contributed by atoms with Crippen LogP contribution in [-0.2, 0) is 0 Å². The largest absolute Gasteiger partial charge is 0.318 e. The molecule has 32 heavy (non-hydrogen) atoms. The number of aromatic nitrogens is 3. The molecule has 0 atom stereocenters. The maximum Gasteiger partial charge on any atom is 0.282 e. The monoisotopic (exact) mass is 424 g/mol. The highest BCUT2D eigenvalue weighted by atomic mass is 16.1. The van der Waals surface area contributed by atoms with E-state index in [1.54, 1.807) is 4.68 Å². The molecule has 1 aliphatic rings. The van der Waals surface area contributed by atoms with Crippen molar-refractivity contribution in [2.75, 3.05) is 0 Å². The van der Waals surface area contributed by atoms with E-state index in [4.69, 9.17) is 10.1 Å². The smallest absolute Gasteiger partial charge is 0.282 e. The molecule has 0 amide bonds. The van der Waals surface area contributed by atoms with E-state index < -0.39 is 0 Å². The summed E-state index contributed by atoms with van der Waals surface area (Å²) in [6.45, 7) is 4.18. The number of nitrogens with zero attached hydrogens (tertiary/aromatic N) is 4. The summed E-state index contributed by atoms with van der Waals surface area (Å²) in [5.74, 6) is 1.07. The molecule has 162 valence electrons. The van der Waals surface area contributed by atoms with E-state index in [0.717, 1.165) is 46.8 Å². The minimum atomic E-state index is -0.0932. The minimum absolute atomic E-state index is 0.0932. The average molecular weight is 425 g/mol. The fraction of sp³-hybridized carbons (Fsp3) is 0.296. The Bertz CT molecular complexity index is 1340. The van der Waals surface area contributed by atoms with Gasteiger partial charge in [0.05, 0.1) is 17.1 Å². The van der Waals surface area contributed by atoms with Crippen LogP contribution in [-0.4, -0.2) is 20.4 Å². The Morgan fingerprint density at radius 1 is 0.969 bits per heavy atom. The average Bonchev–Trinajstić information content (AvgIpc) is 3.12. The Hall–Kier alpha value is -3.47. The lowest BCUT2D eigenvalue weighted by Crippen LogP contribution is -2.25. The van der Waals surface area contributed by atoms with Crippen LogP contribution in [0.25, 0.3) is 16.6 Å². The second-order valence-corrected chi connectivity index (χ2v) is 8.68. The first-order valence-corrected chi connectivity index (χ1v) is 11.4. The third-order valence-electron chi connectivity index (χ3n) is 6.55. The molecule has 0 spiro atoms. The summed E-state index contributed by atoms with van der Waals surface area (Å²) in [6.07, 6.45) is 7.53. The molecule has 0 radical (unpaired) electrons. The van der Waals surface area contributed by atoms with Gasteiger partial charge in [0, 0.05) is 28.6 Å². The van der Waals surface area contributed by atoms with Gasteiger partial charge in [0.1, 0.15) is 5.82 Å². The molecule has 4 aromatic rings. The highest BCUT2D eigenvalue weighted by Gasteiger charge is 2.22. The molecule has 0 N–H and O–H groups in total. The summed E-state index contributed by atoms with van der Waals surface area (Å²) in [7, 11) is 0. The van der Waals surface area contributed by atoms with E-state index in [9.17, 15) is 4.79 Å². The number of hydrogen-bond acceptors (Lipinski definition) is 3. The van der Waals surface area contributed by atoms with Gasteiger partial charge in [-0.15, -0.1) is 0 Å². The van der Waals surface area contributed by atoms with Crippen LogP contribution in [0.15, 0.2) is 70.6 Å². The van der Waals surface area contributed by atoms with Gasteiger partial charge in [-0.1, -0.05) is 49.6 Å². The van der Waals surface area contributed by atoms with Crippen LogP contribution < -0.4 is 5.56 Å². The number of hydrogen-bond donors (Lipinski definition) is 0. The van der Waals surface area contributed by atoms with Crippen molar-refractivity contribution in [1.82, 2.24) is 14.2 Å². The molecule has 2 aromatic heterocycles. The Kier molecular flexibility index (Phi) is 5.48. The van der Waals surface area contributed by atoms with Crippen LogP contribution in [0.1, 0.15) is 60.8 Å². The molecule has 0 aliphatic heterocycles. The van der Waals surface area contributed by atoms with Crippen molar-refractivity contribution in [3.63, 3.8) is 0 Å². The molecule has 1 saturated carbocycles. The summed E-state index contributed by atoms with van der Waals surface area (Å²) >= 11 is 0. The van der Waals surface area contributed by atoms with Crippen LogP contribution in [0.2, 0.25) is 0 Å². The maximum atomic E-state index is 13.4. The predicted molar refractivity (Wildman–Crippen MR) is 130 cm³/mol. The lowest BCUT2D eigenvalue weighted by molar-refractivity contribution is 0.416. The molecular weight excluding hydrogens is 396 g/mol. The fourth-order valence-electron chi connectivity index (χ4n) is 4.89. The summed E-state index contributed by atoms with van der Waals surface area (Å²) in [6, 6.07) is 20.0. The van der Waals surface area contributed by atoms with E-state index in [1.165, 1.54) is 19.3 Å². The Morgan fingerprint density at radius 3 is 2.47 bits per heavy atom. The van der Waals surface area contributed by atoms with Crippen LogP contribution >= 0.6 is 0 Å². The first-order valence-electron chi connectivity index (χ1n) is 11.4. The minimum Gasteiger partial charge on any atom is -0.318 e. The molecule has 2 aromatic carbocycles. The van der Waals surface area contributed by atoms with Gasteiger partial charge in [-0.05, 0) is 57.0 Å². The number of benzene rings is 2. The normalized spacial score (nSPS) is 15.1. The SMILES string of the molecule is Cc1cc(C=Nn2c(C3CCCCC3)nc3ccccc3c2=O)c(C)n1-c1ccccc1. The van der Waals surface area contributed by atoms with Gasteiger partial charge in [0.15, 0.2) is 0 Å². The topological polar surface area (TPSA) is 52.2 Å². The molecule has 1 aliphatic carbocycles. The summed E-state index contributed by atoms with van der Waals surface area (Å²) in [5.41, 5.74) is 5.01. The molecule has 1 fully saturated rings. The maximum absolute atomic E-state index is 13.4. The lowest BCUT2D eigenvalue weighted by Gasteiger charge is -2.22. The zero-order chi connectivity index (χ0) is 22.1. The van der Waals surface area contributed by atoms with Crippen molar-refractivity contribution in [3.05, 3.63) is 93.8 Å². The van der Waals surface area contributed by atoms with Gasteiger partial charge >= 0.3 is 0 Å². The van der Waals surface area contributed by atoms with Gasteiger partial charge in [-0.3, -0.25) is 4.79 Å². The second-order valence-electron chi connectivity index (χ2n) is 8.68. The first-order chi connectivity index (χ1) is 15.6. The van der Waals surface area contributed by atoms with E-state index in [0.29, 0.717) is 5.39 Å². The Labute approximate surface area is 188 Å². The molecule has 0 bridgehead atoms. The van der Waals surface area contributed by atoms with Gasteiger partial charge in [-0.25, -0.2) is 4.98 Å². The second kappa shape index (κ2) is 8.58. The number of rotatable bonds is 4. The predicted octanol–water partition coefficient (Wildman–Crippen LogP) is 5.73. The molecular formula is C27H28N4O. The first kappa shape index (κ1) is 20.4. The zero-order valence-corrected chi connectivity index (χ0v) is 18.7. The Balaban J connectivity index is 1.61. The van der Waals surface area contributed by atoms with Gasteiger partial charge in [0.25, 0.3) is 5.56 Å². The summed E-state index contributed by atoms with van der Waals surface area (Å²) in [4.78, 5) is 18.3. The molecule has 5 heteroatoms. The van der Waals surface area contributed by atoms with Gasteiger partial charge in [0.2, 0.25) is 0 Å². The summed E-state index contributed by atoms with van der Waals surface area (Å²) < 4.78 is 3.76. The highest BCUT2D eigenvalue weighted by molar-refractivity contribution is 5.82. The van der Waals surface area contributed by atoms with E-state index >= 15 is 0 Å². The van der Waals surface area contributed by atoms with E-state index in [2.05, 4.69) is 36.6 Å². The van der Waals surface area contributed by atoms with Gasteiger partial charge < -0.3 is 4.57 Å². The summed E-state index contributed by atoms with van der Waals surface area (Å²) in [5, 5.41) is 5.32. The third kappa shape index (κ3) is 3.68. The van der Waals surface area contributed by atoms with Crippen LogP contribution in [0, 0.1) is 13.8 Å². The number of para-hydroxylation sites is 2. The number of aryl methyl sites for hydroxylation is 1. The van der Waals surface area contributed by atoms with Crippen molar-refractivity contribution < 1.29 is 0 Å². The lowest BCUT2D eigenvalue weighted by atomic mass is 9.88. The van der Waals surface area contributed by atoms with Crippen LogP contribution in [0.5, 0.6) is 0 Å². The van der Waals surface area contributed by atoms with Crippen molar-refractivity contribution in [3.8, 4) is 5.69 Å². The molecule has 5 rings (SSSR count). The Morgan fingerprint density at radius 2 is 1.69 bits per heavy atom. The molecule has 2 heterocycles. The van der Waals surface area contributed by atoms with E-state index in [1.807, 2.05) is 48.7 Å². The van der Waals surface area contributed by atoms with Crippen LogP contribution in [0.4, 0.5) is 0 Å². The molecule has 0 unspecified atom stereocenters. The molecule has 0 saturated heterocycles. The quantitative estimate of drug-likeness (QED) is 0.393. The van der Waals surface area contributed by atoms with Crippen molar-refractivity contribution in [1.29, 1.82) is 0 Å². The van der Waals surface area contributed by atoms with Gasteiger partial charge in [-0.2, -0.15) is 9.78 Å². The fourth-order valence-corrected chi connectivity index (χ4v) is 4.89. The van der Waals surface area contributed by atoms with Crippen LogP contribution in [0.3, 0.4) is 0 Å². The standard InChI is InChI=1S/C27H28N4O/c1-19-17-22(20(2)30(19)23-13-7-4-8-14-23)18-28-31-26(21-11-5-3-6-12-21)29-25-16-10-9-15-24(25)27(31)32/h4,7-10,13-18,21H,3,5-6,11-12H2,1-2H3. The van der Waals surface area contributed by atoms with E-state index in [-0.39, 0.29) is 11.5 Å². The number of fused-ring (bicyclic) bond motifs is 1. The van der Waals surface area contributed by atoms with Crippen molar-refractivity contribution >= 4 is 17.1 Å². The zero-order valence-electron chi connectivity index (χ0n) is 18.7. The third-order valence-corrected chi connectivity index (χ3v) is 6.55. The van der Waals surface area contributed by atoms with Crippen molar-refractivity contribution in [2.45, 2.75) is 51.9 Å².